The Balaban J connectivity index is 1.73. The summed E-state index contributed by atoms with van der Waals surface area (Å²) in [4.78, 5) is 26.8. The normalized spacial score (nSPS) is 10.9. The van der Waals surface area contributed by atoms with Gasteiger partial charge in [0.15, 0.2) is 11.5 Å². The minimum absolute atomic E-state index is 0.124. The predicted octanol–water partition coefficient (Wildman–Crippen LogP) is 4.74. The van der Waals surface area contributed by atoms with E-state index in [9.17, 15) is 28.1 Å². The summed E-state index contributed by atoms with van der Waals surface area (Å²) in [5.74, 6) is -0.0258. The first-order valence-electron chi connectivity index (χ1n) is 9.89. The molecule has 12 heteroatoms. The summed E-state index contributed by atoms with van der Waals surface area (Å²) in [5, 5.41) is 11.2. The summed E-state index contributed by atoms with van der Waals surface area (Å²) >= 11 is 0. The number of rotatable bonds is 9. The first-order chi connectivity index (χ1) is 16.2. The first kappa shape index (κ1) is 24.3. The summed E-state index contributed by atoms with van der Waals surface area (Å²) in [6.07, 6.45) is -1.47. The summed E-state index contributed by atoms with van der Waals surface area (Å²) in [5.41, 5.74) is 3.15. The second-order valence-corrected chi connectivity index (χ2v) is 6.81. The Morgan fingerprint density at radius 1 is 1.12 bits per heavy atom. The number of anilines is 1. The molecular formula is C22H19F3N4O5. The number of benzene rings is 2. The Labute approximate surface area is 191 Å². The fraction of sp³-hybridized carbons (Fsp3) is 0.182. The van der Waals surface area contributed by atoms with Crippen molar-refractivity contribution < 1.29 is 32.4 Å². The van der Waals surface area contributed by atoms with Crippen LogP contribution in [0.5, 0.6) is 11.5 Å². The van der Waals surface area contributed by atoms with Crippen molar-refractivity contribution in [2.45, 2.75) is 19.7 Å². The average molecular weight is 476 g/mol. The van der Waals surface area contributed by atoms with Crippen molar-refractivity contribution in [3.8, 4) is 11.5 Å². The maximum absolute atomic E-state index is 12.8. The molecule has 2 N–H and O–H groups in total. The van der Waals surface area contributed by atoms with E-state index < -0.39 is 28.3 Å². The van der Waals surface area contributed by atoms with Crippen molar-refractivity contribution in [1.82, 2.24) is 10.4 Å². The lowest BCUT2D eigenvalue weighted by molar-refractivity contribution is -0.384. The second kappa shape index (κ2) is 10.5. The topological polar surface area (TPSA) is 116 Å². The Morgan fingerprint density at radius 2 is 1.91 bits per heavy atom. The van der Waals surface area contributed by atoms with E-state index >= 15 is 0 Å². The van der Waals surface area contributed by atoms with E-state index in [1.807, 2.05) is 6.07 Å². The number of nitrogens with one attached hydrogen (secondary N) is 2. The molecule has 0 unspecified atom stereocenters. The predicted molar refractivity (Wildman–Crippen MR) is 115 cm³/mol. The highest BCUT2D eigenvalue weighted by molar-refractivity contribution is 5.95. The van der Waals surface area contributed by atoms with Crippen LogP contribution in [0.4, 0.5) is 24.5 Å². The van der Waals surface area contributed by atoms with Gasteiger partial charge in [0.05, 0.1) is 17.1 Å². The SMILES string of the molecule is CCOc1cc(C(=O)NNc2ccc(C(F)(F)F)cc2[N+](=O)[O-])ccc1OCc1cccnc1. The van der Waals surface area contributed by atoms with Crippen molar-refractivity contribution in [3.63, 3.8) is 0 Å². The van der Waals surface area contributed by atoms with Crippen molar-refractivity contribution in [2.75, 3.05) is 12.0 Å². The molecule has 0 bridgehead atoms. The summed E-state index contributed by atoms with van der Waals surface area (Å²) in [6.45, 7) is 2.27. The molecule has 2 aromatic carbocycles. The van der Waals surface area contributed by atoms with Crippen LogP contribution in [0.15, 0.2) is 60.9 Å². The maximum Gasteiger partial charge on any atom is 0.416 e. The molecule has 3 rings (SSSR count). The third kappa shape index (κ3) is 6.12. The van der Waals surface area contributed by atoms with Gasteiger partial charge in [-0.25, -0.2) is 0 Å². The van der Waals surface area contributed by atoms with Gasteiger partial charge in [0.1, 0.15) is 12.3 Å². The monoisotopic (exact) mass is 476 g/mol. The van der Waals surface area contributed by atoms with Gasteiger partial charge in [-0.15, -0.1) is 0 Å². The van der Waals surface area contributed by atoms with Gasteiger partial charge in [-0.1, -0.05) is 6.07 Å². The number of hydrogen-bond donors (Lipinski definition) is 2. The number of nitro groups is 1. The van der Waals surface area contributed by atoms with Gasteiger partial charge in [-0.05, 0) is 43.3 Å². The Hall–Kier alpha value is -4.35. The second-order valence-electron chi connectivity index (χ2n) is 6.81. The molecule has 0 aliphatic carbocycles. The Bertz CT molecular complexity index is 1170. The van der Waals surface area contributed by atoms with Gasteiger partial charge in [0.2, 0.25) is 0 Å². The highest BCUT2D eigenvalue weighted by Crippen LogP contribution is 2.35. The summed E-state index contributed by atoms with van der Waals surface area (Å²) < 4.78 is 49.8. The standard InChI is InChI=1S/C22H19F3N4O5/c1-2-33-20-10-15(5-8-19(20)34-13-14-4-3-9-26-12-14)21(30)28-27-17-7-6-16(22(23,24)25)11-18(17)29(31)32/h3-12,27H,2,13H2,1H3,(H,28,30). The van der Waals surface area contributed by atoms with Gasteiger partial charge in [-0.3, -0.25) is 30.7 Å². The van der Waals surface area contributed by atoms with E-state index in [-0.39, 0.29) is 17.9 Å². The molecule has 1 heterocycles. The van der Waals surface area contributed by atoms with E-state index in [1.54, 1.807) is 25.4 Å². The number of hydrogen-bond acceptors (Lipinski definition) is 7. The van der Waals surface area contributed by atoms with Crippen LogP contribution >= 0.6 is 0 Å². The maximum atomic E-state index is 12.8. The van der Waals surface area contributed by atoms with Crippen LogP contribution in [0.25, 0.3) is 0 Å². The molecule has 0 saturated heterocycles. The lowest BCUT2D eigenvalue weighted by atomic mass is 10.1. The molecule has 0 saturated carbocycles. The Morgan fingerprint density at radius 3 is 2.56 bits per heavy atom. The number of aromatic nitrogens is 1. The largest absolute Gasteiger partial charge is 0.490 e. The van der Waals surface area contributed by atoms with Gasteiger partial charge in [0.25, 0.3) is 11.6 Å². The molecule has 178 valence electrons. The van der Waals surface area contributed by atoms with Gasteiger partial charge >= 0.3 is 6.18 Å². The number of carbonyl (C=O) groups excluding carboxylic acids is 1. The number of carbonyl (C=O) groups is 1. The highest BCUT2D eigenvalue weighted by atomic mass is 19.4. The van der Waals surface area contributed by atoms with E-state index in [2.05, 4.69) is 15.8 Å². The average Bonchev–Trinajstić information content (AvgIpc) is 2.81. The van der Waals surface area contributed by atoms with Crippen LogP contribution in [0.2, 0.25) is 0 Å². The lowest BCUT2D eigenvalue weighted by Gasteiger charge is -2.14. The van der Waals surface area contributed by atoms with Crippen molar-refractivity contribution in [3.05, 3.63) is 87.7 Å². The number of pyridine rings is 1. The molecule has 0 aliphatic rings. The number of nitrogens with zero attached hydrogens (tertiary/aromatic N) is 2. The third-order valence-electron chi connectivity index (χ3n) is 4.46. The molecule has 0 aliphatic heterocycles. The molecule has 3 aromatic rings. The van der Waals surface area contributed by atoms with E-state index in [0.717, 1.165) is 11.6 Å². The fourth-order valence-corrected chi connectivity index (χ4v) is 2.84. The molecule has 1 aromatic heterocycles. The number of hydrazine groups is 1. The molecule has 9 nitrogen and oxygen atoms in total. The van der Waals surface area contributed by atoms with Crippen molar-refractivity contribution >= 4 is 17.3 Å². The number of nitro benzene ring substituents is 1. The van der Waals surface area contributed by atoms with Crippen LogP contribution in [-0.4, -0.2) is 22.4 Å². The van der Waals surface area contributed by atoms with Crippen LogP contribution in [0.3, 0.4) is 0 Å². The number of amides is 1. The quantitative estimate of drug-likeness (QED) is 0.338. The smallest absolute Gasteiger partial charge is 0.416 e. The van der Waals surface area contributed by atoms with Gasteiger partial charge < -0.3 is 9.47 Å². The van der Waals surface area contributed by atoms with Crippen molar-refractivity contribution in [1.29, 1.82) is 0 Å². The molecule has 34 heavy (non-hydrogen) atoms. The molecular weight excluding hydrogens is 457 g/mol. The van der Waals surface area contributed by atoms with E-state index in [4.69, 9.17) is 9.47 Å². The zero-order chi connectivity index (χ0) is 24.7. The molecule has 1 amide bonds. The molecule has 0 spiro atoms. The van der Waals surface area contributed by atoms with Crippen LogP contribution in [0, 0.1) is 10.1 Å². The minimum Gasteiger partial charge on any atom is -0.490 e. The molecule has 0 fully saturated rings. The van der Waals surface area contributed by atoms with E-state index in [0.29, 0.717) is 30.2 Å². The van der Waals surface area contributed by atoms with Crippen molar-refractivity contribution in [2.24, 2.45) is 0 Å². The molecule has 0 radical (unpaired) electrons. The van der Waals surface area contributed by atoms with Crippen LogP contribution in [0.1, 0.15) is 28.4 Å². The first-order valence-corrected chi connectivity index (χ1v) is 9.89. The highest BCUT2D eigenvalue weighted by Gasteiger charge is 2.33. The van der Waals surface area contributed by atoms with Crippen LogP contribution in [-0.2, 0) is 12.8 Å². The van der Waals surface area contributed by atoms with E-state index in [1.165, 1.54) is 18.2 Å². The summed E-state index contributed by atoms with van der Waals surface area (Å²) in [6, 6.07) is 9.91. The number of alkyl halides is 3. The number of ether oxygens (including phenoxy) is 2. The molecule has 0 atom stereocenters. The number of halogens is 3. The summed E-state index contributed by atoms with van der Waals surface area (Å²) in [7, 11) is 0. The van der Waals surface area contributed by atoms with Crippen LogP contribution < -0.4 is 20.3 Å². The Kier molecular flexibility index (Phi) is 7.51. The zero-order valence-electron chi connectivity index (χ0n) is 17.8. The zero-order valence-corrected chi connectivity index (χ0v) is 17.8. The van der Waals surface area contributed by atoms with Gasteiger partial charge in [-0.2, -0.15) is 13.2 Å². The van der Waals surface area contributed by atoms with Gasteiger partial charge in [0, 0.05) is 29.6 Å². The fourth-order valence-electron chi connectivity index (χ4n) is 2.84. The lowest BCUT2D eigenvalue weighted by Crippen LogP contribution is -2.29. The minimum atomic E-state index is -4.75. The third-order valence-corrected chi connectivity index (χ3v) is 4.46.